The summed E-state index contributed by atoms with van der Waals surface area (Å²) in [7, 11) is 0. The van der Waals surface area contributed by atoms with Crippen LogP contribution in [-0.4, -0.2) is 26.8 Å². The molecule has 7 heteroatoms. The first-order chi connectivity index (χ1) is 13.0. The summed E-state index contributed by atoms with van der Waals surface area (Å²) in [4.78, 5) is 23.0. The molecule has 7 nitrogen and oxygen atoms in total. The number of carbonyl (C=O) groups is 1. The van der Waals surface area contributed by atoms with E-state index < -0.39 is 0 Å². The first-order valence-electron chi connectivity index (χ1n) is 9.28. The highest BCUT2D eigenvalue weighted by molar-refractivity contribution is 5.98. The van der Waals surface area contributed by atoms with Gasteiger partial charge in [0.25, 0.3) is 0 Å². The van der Waals surface area contributed by atoms with Crippen molar-refractivity contribution in [3.63, 3.8) is 0 Å². The molecule has 4 heterocycles. The third-order valence-electron chi connectivity index (χ3n) is 4.89. The van der Waals surface area contributed by atoms with Gasteiger partial charge in [-0.15, -0.1) is 0 Å². The Morgan fingerprint density at radius 2 is 2.15 bits per heavy atom. The molecule has 1 amide bonds. The zero-order valence-electron chi connectivity index (χ0n) is 15.6. The fourth-order valence-electron chi connectivity index (χ4n) is 3.41. The Morgan fingerprint density at radius 1 is 1.30 bits per heavy atom. The fourth-order valence-corrected chi connectivity index (χ4v) is 3.41. The molecule has 1 aliphatic heterocycles. The van der Waals surface area contributed by atoms with Crippen LogP contribution < -0.4 is 16.0 Å². The van der Waals surface area contributed by atoms with Crippen LogP contribution in [0.25, 0.3) is 5.65 Å². The Morgan fingerprint density at radius 3 is 2.85 bits per heavy atom. The molecule has 140 valence electrons. The minimum absolute atomic E-state index is 0.174. The van der Waals surface area contributed by atoms with Crippen LogP contribution in [-0.2, 0) is 11.3 Å². The third-order valence-corrected chi connectivity index (χ3v) is 4.89. The lowest BCUT2D eigenvalue weighted by molar-refractivity contribution is -0.117. The highest BCUT2D eigenvalue weighted by Gasteiger charge is 2.25. The van der Waals surface area contributed by atoms with Gasteiger partial charge in [0, 0.05) is 43.3 Å². The number of amides is 1. The molecule has 0 aromatic carbocycles. The van der Waals surface area contributed by atoms with Gasteiger partial charge in [0.1, 0.15) is 5.82 Å². The minimum atomic E-state index is 0.174. The zero-order valence-corrected chi connectivity index (χ0v) is 15.6. The number of nitrogen functional groups attached to an aromatic ring is 1. The van der Waals surface area contributed by atoms with E-state index in [4.69, 9.17) is 10.7 Å². The normalized spacial score (nSPS) is 14.5. The number of pyridine rings is 2. The van der Waals surface area contributed by atoms with E-state index >= 15 is 0 Å². The number of nitrogens with zero attached hydrogens (tertiary/aromatic N) is 4. The SMILES string of the molecule is CC(C)c1cc(N2CCCC2=O)c2nc(CNc3ccnc(N)c3)cn2c1. The van der Waals surface area contributed by atoms with Crippen molar-refractivity contribution >= 4 is 28.7 Å². The molecule has 27 heavy (non-hydrogen) atoms. The van der Waals surface area contributed by atoms with Crippen molar-refractivity contribution < 1.29 is 4.79 Å². The van der Waals surface area contributed by atoms with Crippen LogP contribution in [0.4, 0.5) is 17.2 Å². The number of nitrogens with two attached hydrogens (primary N) is 1. The van der Waals surface area contributed by atoms with Gasteiger partial charge in [-0.05, 0) is 30.0 Å². The largest absolute Gasteiger partial charge is 0.384 e. The van der Waals surface area contributed by atoms with E-state index in [9.17, 15) is 4.79 Å². The molecule has 1 fully saturated rings. The van der Waals surface area contributed by atoms with E-state index in [1.54, 1.807) is 12.3 Å². The van der Waals surface area contributed by atoms with Gasteiger partial charge in [-0.1, -0.05) is 13.8 Å². The number of rotatable bonds is 5. The molecular weight excluding hydrogens is 340 g/mol. The van der Waals surface area contributed by atoms with Crippen LogP contribution in [0.15, 0.2) is 36.8 Å². The molecule has 0 aliphatic carbocycles. The first kappa shape index (κ1) is 17.3. The summed E-state index contributed by atoms with van der Waals surface area (Å²) in [6, 6.07) is 5.77. The minimum Gasteiger partial charge on any atom is -0.384 e. The van der Waals surface area contributed by atoms with Gasteiger partial charge in [-0.3, -0.25) is 4.79 Å². The Labute approximate surface area is 158 Å². The van der Waals surface area contributed by atoms with Gasteiger partial charge in [0.05, 0.1) is 17.9 Å². The number of fused-ring (bicyclic) bond motifs is 1. The molecule has 0 saturated carbocycles. The summed E-state index contributed by atoms with van der Waals surface area (Å²) in [5.74, 6) is 1.02. The number of imidazole rings is 1. The predicted molar refractivity (Wildman–Crippen MR) is 107 cm³/mol. The average Bonchev–Trinajstić information content (AvgIpc) is 3.24. The van der Waals surface area contributed by atoms with Gasteiger partial charge in [0.15, 0.2) is 5.65 Å². The van der Waals surface area contributed by atoms with E-state index in [2.05, 4.69) is 36.4 Å². The third kappa shape index (κ3) is 3.45. The maximum absolute atomic E-state index is 12.3. The highest BCUT2D eigenvalue weighted by atomic mass is 16.2. The van der Waals surface area contributed by atoms with Crippen LogP contribution in [0.5, 0.6) is 0 Å². The molecule has 0 radical (unpaired) electrons. The number of anilines is 3. The smallest absolute Gasteiger partial charge is 0.227 e. The predicted octanol–water partition coefficient (Wildman–Crippen LogP) is 3.17. The number of hydrogen-bond donors (Lipinski definition) is 2. The molecule has 3 aromatic heterocycles. The quantitative estimate of drug-likeness (QED) is 0.726. The summed E-state index contributed by atoms with van der Waals surface area (Å²) in [5.41, 5.74) is 10.4. The van der Waals surface area contributed by atoms with Gasteiger partial charge >= 0.3 is 0 Å². The molecule has 4 rings (SSSR count). The van der Waals surface area contributed by atoms with Crippen LogP contribution in [0.1, 0.15) is 43.9 Å². The monoisotopic (exact) mass is 364 g/mol. The van der Waals surface area contributed by atoms with Crippen molar-refractivity contribution in [3.8, 4) is 0 Å². The van der Waals surface area contributed by atoms with E-state index in [1.165, 1.54) is 5.56 Å². The molecule has 1 aliphatic rings. The van der Waals surface area contributed by atoms with E-state index in [1.807, 2.05) is 21.6 Å². The maximum atomic E-state index is 12.3. The van der Waals surface area contributed by atoms with E-state index in [-0.39, 0.29) is 5.91 Å². The number of carbonyl (C=O) groups excluding carboxylic acids is 1. The molecule has 3 N–H and O–H groups in total. The summed E-state index contributed by atoms with van der Waals surface area (Å²) >= 11 is 0. The maximum Gasteiger partial charge on any atom is 0.227 e. The Kier molecular flexibility index (Phi) is 4.43. The molecule has 1 saturated heterocycles. The fraction of sp³-hybridized carbons (Fsp3) is 0.350. The second kappa shape index (κ2) is 6.90. The van der Waals surface area contributed by atoms with Crippen molar-refractivity contribution in [1.29, 1.82) is 0 Å². The van der Waals surface area contributed by atoms with Crippen LogP contribution in [0.3, 0.4) is 0 Å². The van der Waals surface area contributed by atoms with Crippen molar-refractivity contribution in [2.24, 2.45) is 0 Å². The van der Waals surface area contributed by atoms with Gasteiger partial charge in [-0.25, -0.2) is 9.97 Å². The van der Waals surface area contributed by atoms with Crippen molar-refractivity contribution in [2.45, 2.75) is 39.2 Å². The molecule has 0 unspecified atom stereocenters. The summed E-state index contributed by atoms with van der Waals surface area (Å²) < 4.78 is 2.04. The molecule has 0 atom stereocenters. The Hall–Kier alpha value is -3.09. The summed E-state index contributed by atoms with van der Waals surface area (Å²) in [5, 5.41) is 3.32. The van der Waals surface area contributed by atoms with Gasteiger partial charge < -0.3 is 20.4 Å². The molecular formula is C20H24N6O. The van der Waals surface area contributed by atoms with Gasteiger partial charge in [0.2, 0.25) is 5.91 Å². The highest BCUT2D eigenvalue weighted by Crippen LogP contribution is 2.30. The Bertz CT molecular complexity index is 993. The van der Waals surface area contributed by atoms with Crippen LogP contribution >= 0.6 is 0 Å². The lowest BCUT2D eigenvalue weighted by Crippen LogP contribution is -2.24. The lowest BCUT2D eigenvalue weighted by atomic mass is 10.1. The molecule has 0 bridgehead atoms. The second-order valence-corrected chi connectivity index (χ2v) is 7.25. The first-order valence-corrected chi connectivity index (χ1v) is 9.28. The average molecular weight is 364 g/mol. The topological polar surface area (TPSA) is 88.5 Å². The van der Waals surface area contributed by atoms with Crippen molar-refractivity contribution in [3.05, 3.63) is 48.0 Å². The van der Waals surface area contributed by atoms with Crippen molar-refractivity contribution in [1.82, 2.24) is 14.4 Å². The van der Waals surface area contributed by atoms with Crippen molar-refractivity contribution in [2.75, 3.05) is 22.5 Å². The summed E-state index contributed by atoms with van der Waals surface area (Å²) in [6.45, 7) is 5.64. The number of aromatic nitrogens is 3. The Balaban J connectivity index is 1.68. The van der Waals surface area contributed by atoms with E-state index in [0.29, 0.717) is 24.7 Å². The number of hydrogen-bond acceptors (Lipinski definition) is 5. The zero-order chi connectivity index (χ0) is 19.0. The summed E-state index contributed by atoms with van der Waals surface area (Å²) in [6.07, 6.45) is 7.30. The van der Waals surface area contributed by atoms with Crippen LogP contribution in [0.2, 0.25) is 0 Å². The molecule has 0 spiro atoms. The standard InChI is InChI=1S/C20H24N6O/c1-13(2)14-8-17(26-7-3-4-19(26)27)20-24-16(12-25(20)11-14)10-23-15-5-6-22-18(21)9-15/h5-6,8-9,11-13H,3-4,7,10H2,1-2H3,(H3,21,22,23). The van der Waals surface area contributed by atoms with Gasteiger partial charge in [-0.2, -0.15) is 0 Å². The van der Waals surface area contributed by atoms with Crippen LogP contribution in [0, 0.1) is 0 Å². The lowest BCUT2D eigenvalue weighted by Gasteiger charge is -2.18. The number of nitrogens with one attached hydrogen (secondary N) is 1. The molecule has 3 aromatic rings. The van der Waals surface area contributed by atoms with E-state index in [0.717, 1.165) is 35.7 Å². The second-order valence-electron chi connectivity index (χ2n) is 7.25.